The van der Waals surface area contributed by atoms with E-state index >= 15 is 0 Å². The molecular weight excluding hydrogens is 360 g/mol. The lowest BCUT2D eigenvalue weighted by atomic mass is 10.2. The fourth-order valence-electron chi connectivity index (χ4n) is 2.79. The number of fused-ring (bicyclic) bond motifs is 1. The number of anilines is 2. The van der Waals surface area contributed by atoms with E-state index in [1.54, 1.807) is 30.3 Å². The van der Waals surface area contributed by atoms with Crippen LogP contribution in [0.15, 0.2) is 48.5 Å². The van der Waals surface area contributed by atoms with Gasteiger partial charge in [0.15, 0.2) is 12.7 Å². The van der Waals surface area contributed by atoms with Gasteiger partial charge >= 0.3 is 5.97 Å². The number of rotatable bonds is 6. The molecule has 7 nitrogen and oxygen atoms in total. The molecule has 2 aromatic carbocycles. The smallest absolute Gasteiger partial charge is 0.308 e. The standard InChI is InChI=1S/C21H22N2O5/c1-14-7-9-16(10-8-14)22-21(26)15(2)28-20(25)11-12-23-17-5-3-4-6-18(17)27-13-19(23)24/h3-10,15H,11-13H2,1-2H3,(H,22,26)/t15-/m0/s1. The lowest BCUT2D eigenvalue weighted by Gasteiger charge is -2.29. The molecule has 0 saturated heterocycles. The Kier molecular flexibility index (Phi) is 5.93. The zero-order valence-electron chi connectivity index (χ0n) is 15.8. The van der Waals surface area contributed by atoms with E-state index in [-0.39, 0.29) is 25.5 Å². The van der Waals surface area contributed by atoms with E-state index in [1.807, 2.05) is 25.1 Å². The highest BCUT2D eigenvalue weighted by Crippen LogP contribution is 2.31. The molecule has 1 aliphatic heterocycles. The van der Waals surface area contributed by atoms with Crippen molar-refractivity contribution in [1.82, 2.24) is 0 Å². The minimum atomic E-state index is -0.943. The van der Waals surface area contributed by atoms with Crippen LogP contribution < -0.4 is 15.0 Å². The molecule has 0 fully saturated rings. The van der Waals surface area contributed by atoms with Crippen molar-refractivity contribution < 1.29 is 23.9 Å². The second-order valence-electron chi connectivity index (χ2n) is 6.54. The normalized spacial score (nSPS) is 13.9. The van der Waals surface area contributed by atoms with Crippen LogP contribution in [0.25, 0.3) is 0 Å². The van der Waals surface area contributed by atoms with Crippen LogP contribution in [0.3, 0.4) is 0 Å². The van der Waals surface area contributed by atoms with Crippen LogP contribution in [0.1, 0.15) is 18.9 Å². The van der Waals surface area contributed by atoms with Crippen molar-refractivity contribution in [2.24, 2.45) is 0 Å². The number of hydrogen-bond donors (Lipinski definition) is 1. The van der Waals surface area contributed by atoms with Crippen molar-refractivity contribution in [2.75, 3.05) is 23.4 Å². The van der Waals surface area contributed by atoms with Crippen molar-refractivity contribution in [2.45, 2.75) is 26.4 Å². The maximum Gasteiger partial charge on any atom is 0.308 e. The van der Waals surface area contributed by atoms with Crippen LogP contribution in [0.4, 0.5) is 11.4 Å². The van der Waals surface area contributed by atoms with Crippen LogP contribution in [-0.2, 0) is 19.1 Å². The number of ether oxygens (including phenoxy) is 2. The minimum absolute atomic E-state index is 0.0256. The SMILES string of the molecule is Cc1ccc(NC(=O)[C@H](C)OC(=O)CCN2C(=O)COc3ccccc32)cc1. The highest BCUT2D eigenvalue weighted by molar-refractivity contribution is 5.98. The molecule has 0 aromatic heterocycles. The Labute approximate surface area is 163 Å². The third kappa shape index (κ3) is 4.68. The Morgan fingerprint density at radius 3 is 2.64 bits per heavy atom. The minimum Gasteiger partial charge on any atom is -0.482 e. The molecule has 0 saturated carbocycles. The predicted octanol–water partition coefficient (Wildman–Crippen LogP) is 2.68. The zero-order chi connectivity index (χ0) is 20.1. The van der Waals surface area contributed by atoms with Gasteiger partial charge in [-0.25, -0.2) is 0 Å². The van der Waals surface area contributed by atoms with E-state index in [9.17, 15) is 14.4 Å². The monoisotopic (exact) mass is 382 g/mol. The number of benzene rings is 2. The van der Waals surface area contributed by atoms with Gasteiger partial charge in [-0.2, -0.15) is 0 Å². The molecule has 7 heteroatoms. The van der Waals surface area contributed by atoms with Gasteiger partial charge in [0, 0.05) is 12.2 Å². The van der Waals surface area contributed by atoms with Crippen LogP contribution in [0, 0.1) is 6.92 Å². The fourth-order valence-corrected chi connectivity index (χ4v) is 2.79. The average Bonchev–Trinajstić information content (AvgIpc) is 2.69. The number of hydrogen-bond acceptors (Lipinski definition) is 5. The maximum atomic E-state index is 12.2. The van der Waals surface area contributed by atoms with Gasteiger partial charge in [-0.15, -0.1) is 0 Å². The summed E-state index contributed by atoms with van der Waals surface area (Å²) in [5.41, 5.74) is 2.34. The van der Waals surface area contributed by atoms with Gasteiger partial charge in [0.05, 0.1) is 12.1 Å². The summed E-state index contributed by atoms with van der Waals surface area (Å²) in [6.45, 7) is 3.55. The number of nitrogens with zero attached hydrogens (tertiary/aromatic N) is 1. The van der Waals surface area contributed by atoms with E-state index in [0.717, 1.165) is 5.56 Å². The summed E-state index contributed by atoms with van der Waals surface area (Å²) in [6.07, 6.45) is -0.969. The lowest BCUT2D eigenvalue weighted by molar-refractivity contribution is -0.153. The third-order valence-electron chi connectivity index (χ3n) is 4.34. The number of carbonyl (C=O) groups excluding carboxylic acids is 3. The van der Waals surface area contributed by atoms with Gasteiger partial charge < -0.3 is 19.7 Å². The number of para-hydroxylation sites is 2. The summed E-state index contributed by atoms with van der Waals surface area (Å²) in [5.74, 6) is -0.591. The van der Waals surface area contributed by atoms with Gasteiger partial charge in [-0.3, -0.25) is 14.4 Å². The van der Waals surface area contributed by atoms with Crippen molar-refractivity contribution in [3.05, 3.63) is 54.1 Å². The van der Waals surface area contributed by atoms with Crippen LogP contribution >= 0.6 is 0 Å². The zero-order valence-corrected chi connectivity index (χ0v) is 15.8. The van der Waals surface area contributed by atoms with E-state index in [1.165, 1.54) is 11.8 Å². The Bertz CT molecular complexity index is 879. The Hall–Kier alpha value is -3.35. The first kappa shape index (κ1) is 19.4. The molecular formula is C21H22N2O5. The summed E-state index contributed by atoms with van der Waals surface area (Å²) >= 11 is 0. The molecule has 0 bridgehead atoms. The third-order valence-corrected chi connectivity index (χ3v) is 4.34. The molecule has 0 spiro atoms. The molecule has 2 aromatic rings. The lowest BCUT2D eigenvalue weighted by Crippen LogP contribution is -2.40. The molecule has 0 unspecified atom stereocenters. The number of carbonyl (C=O) groups is 3. The second kappa shape index (κ2) is 8.56. The molecule has 1 aliphatic rings. The fraction of sp³-hybridized carbons (Fsp3) is 0.286. The summed E-state index contributed by atoms with van der Waals surface area (Å²) in [6, 6.07) is 14.5. The molecule has 0 aliphatic carbocycles. The van der Waals surface area contributed by atoms with Gasteiger partial charge in [-0.1, -0.05) is 29.8 Å². The summed E-state index contributed by atoms with van der Waals surface area (Å²) in [4.78, 5) is 37.9. The molecule has 0 radical (unpaired) electrons. The van der Waals surface area contributed by atoms with Crippen LogP contribution in [-0.4, -0.2) is 37.0 Å². The number of nitrogens with one attached hydrogen (secondary N) is 1. The molecule has 146 valence electrons. The van der Waals surface area contributed by atoms with Crippen molar-refractivity contribution in [3.8, 4) is 5.75 Å². The average molecular weight is 382 g/mol. The number of amides is 2. The quantitative estimate of drug-likeness (QED) is 0.777. The van der Waals surface area contributed by atoms with Crippen LogP contribution in [0.5, 0.6) is 5.75 Å². The summed E-state index contributed by atoms with van der Waals surface area (Å²) in [5, 5.41) is 2.70. The largest absolute Gasteiger partial charge is 0.482 e. The Morgan fingerprint density at radius 1 is 1.18 bits per heavy atom. The van der Waals surface area contributed by atoms with Gasteiger partial charge in [0.1, 0.15) is 5.75 Å². The van der Waals surface area contributed by atoms with E-state index in [2.05, 4.69) is 5.32 Å². The highest BCUT2D eigenvalue weighted by Gasteiger charge is 2.26. The summed E-state index contributed by atoms with van der Waals surface area (Å²) in [7, 11) is 0. The number of aryl methyl sites for hydroxylation is 1. The van der Waals surface area contributed by atoms with E-state index in [0.29, 0.717) is 17.1 Å². The maximum absolute atomic E-state index is 12.2. The van der Waals surface area contributed by atoms with Gasteiger partial charge in [0.2, 0.25) is 0 Å². The van der Waals surface area contributed by atoms with E-state index < -0.39 is 18.0 Å². The molecule has 2 amide bonds. The van der Waals surface area contributed by atoms with Crippen molar-refractivity contribution >= 4 is 29.2 Å². The number of esters is 1. The molecule has 3 rings (SSSR count). The topological polar surface area (TPSA) is 84.9 Å². The van der Waals surface area contributed by atoms with E-state index in [4.69, 9.17) is 9.47 Å². The van der Waals surface area contributed by atoms with Gasteiger partial charge in [0.25, 0.3) is 11.8 Å². The molecule has 1 N–H and O–H groups in total. The molecule has 28 heavy (non-hydrogen) atoms. The van der Waals surface area contributed by atoms with Crippen molar-refractivity contribution in [1.29, 1.82) is 0 Å². The predicted molar refractivity (Wildman–Crippen MR) is 104 cm³/mol. The molecule has 1 atom stereocenters. The van der Waals surface area contributed by atoms with Gasteiger partial charge in [-0.05, 0) is 38.1 Å². The van der Waals surface area contributed by atoms with Crippen molar-refractivity contribution in [3.63, 3.8) is 0 Å². The summed E-state index contributed by atoms with van der Waals surface area (Å²) < 4.78 is 10.6. The first-order valence-corrected chi connectivity index (χ1v) is 9.03. The Balaban J connectivity index is 1.52. The van der Waals surface area contributed by atoms with Crippen LogP contribution in [0.2, 0.25) is 0 Å². The Morgan fingerprint density at radius 2 is 1.89 bits per heavy atom. The highest BCUT2D eigenvalue weighted by atomic mass is 16.5. The first-order chi connectivity index (χ1) is 13.4. The second-order valence-corrected chi connectivity index (χ2v) is 6.54. The first-order valence-electron chi connectivity index (χ1n) is 9.03. The molecule has 1 heterocycles.